The molecule has 2 heterocycles. The summed E-state index contributed by atoms with van der Waals surface area (Å²) in [6, 6.07) is 35.2. The average molecular weight is 490 g/mol. The molecule has 1 fully saturated rings. The second-order valence-electron chi connectivity index (χ2n) is 9.99. The minimum Gasteiger partial charge on any atom is -0.354 e. The van der Waals surface area contributed by atoms with Crippen LogP contribution in [0.25, 0.3) is 0 Å². The smallest absolute Gasteiger partial charge is 0.245 e. The van der Waals surface area contributed by atoms with Crippen LogP contribution >= 0.6 is 0 Å². The number of hydrogen-bond donors (Lipinski definition) is 0. The third-order valence-electron chi connectivity index (χ3n) is 7.40. The molecule has 188 valence electrons. The molecule has 0 spiro atoms. The van der Waals surface area contributed by atoms with E-state index >= 15 is 0 Å². The van der Waals surface area contributed by atoms with Crippen LogP contribution < -0.4 is 4.90 Å². The predicted octanol–water partition coefficient (Wildman–Crippen LogP) is 6.18. The Morgan fingerprint density at radius 2 is 1.38 bits per heavy atom. The highest BCUT2D eigenvalue weighted by Crippen LogP contribution is 2.26. The van der Waals surface area contributed by atoms with E-state index in [1.807, 2.05) is 24.4 Å². The number of aromatic nitrogens is 1. The fraction of sp³-hybridized carbons (Fsp3) is 0.273. The number of hydrogen-bond acceptors (Lipinski definition) is 3. The summed E-state index contributed by atoms with van der Waals surface area (Å²) in [5, 5.41) is 0. The van der Waals surface area contributed by atoms with Gasteiger partial charge in [-0.15, -0.1) is 0 Å². The van der Waals surface area contributed by atoms with Gasteiger partial charge >= 0.3 is 0 Å². The standard InChI is InChI=1S/C33H35N3O/c37-33(35-21-18-29(19-22-35)23-27-11-4-1-5-12-27)32(24-28-13-6-2-7-14-28)36(31-17-10-20-34-25-31)26-30-15-8-3-9-16-30/h1-17,20,25,29,32H,18-19,21-24,26H2. The summed E-state index contributed by atoms with van der Waals surface area (Å²) >= 11 is 0. The molecule has 4 heteroatoms. The third kappa shape index (κ3) is 6.65. The quantitative estimate of drug-likeness (QED) is 0.282. The number of benzene rings is 3. The number of anilines is 1. The first-order valence-electron chi connectivity index (χ1n) is 13.3. The molecule has 1 atom stereocenters. The fourth-order valence-electron chi connectivity index (χ4n) is 5.37. The Morgan fingerprint density at radius 3 is 1.97 bits per heavy atom. The van der Waals surface area contributed by atoms with Gasteiger partial charge in [0.2, 0.25) is 5.91 Å². The Hall–Kier alpha value is -3.92. The highest BCUT2D eigenvalue weighted by Gasteiger charge is 2.33. The van der Waals surface area contributed by atoms with Crippen LogP contribution in [0.5, 0.6) is 0 Å². The molecule has 0 radical (unpaired) electrons. The molecule has 0 saturated carbocycles. The molecule has 0 N–H and O–H groups in total. The van der Waals surface area contributed by atoms with Gasteiger partial charge in [-0.1, -0.05) is 91.0 Å². The molecule has 5 rings (SSSR count). The molecular formula is C33H35N3O. The van der Waals surface area contributed by atoms with Crippen LogP contribution in [-0.4, -0.2) is 34.9 Å². The summed E-state index contributed by atoms with van der Waals surface area (Å²) in [6.45, 7) is 2.28. The summed E-state index contributed by atoms with van der Waals surface area (Å²) in [5.74, 6) is 0.833. The fourth-order valence-corrected chi connectivity index (χ4v) is 5.37. The third-order valence-corrected chi connectivity index (χ3v) is 7.40. The summed E-state index contributed by atoms with van der Waals surface area (Å²) < 4.78 is 0. The number of carbonyl (C=O) groups excluding carboxylic acids is 1. The first-order valence-corrected chi connectivity index (χ1v) is 13.3. The number of amides is 1. The number of carbonyl (C=O) groups is 1. The van der Waals surface area contributed by atoms with E-state index in [4.69, 9.17) is 0 Å². The van der Waals surface area contributed by atoms with Crippen molar-refractivity contribution in [3.8, 4) is 0 Å². The monoisotopic (exact) mass is 489 g/mol. The van der Waals surface area contributed by atoms with Crippen molar-refractivity contribution in [2.75, 3.05) is 18.0 Å². The summed E-state index contributed by atoms with van der Waals surface area (Å²) in [7, 11) is 0. The van der Waals surface area contributed by atoms with Crippen molar-refractivity contribution < 1.29 is 4.79 Å². The van der Waals surface area contributed by atoms with Crippen molar-refractivity contribution in [2.45, 2.75) is 38.3 Å². The maximum atomic E-state index is 14.2. The van der Waals surface area contributed by atoms with Crippen molar-refractivity contribution >= 4 is 11.6 Å². The predicted molar refractivity (Wildman–Crippen MR) is 150 cm³/mol. The zero-order valence-electron chi connectivity index (χ0n) is 21.3. The SMILES string of the molecule is O=C(C(Cc1ccccc1)N(Cc1ccccc1)c1cccnc1)N1CCC(Cc2ccccc2)CC1. The van der Waals surface area contributed by atoms with Crippen LogP contribution in [-0.2, 0) is 24.2 Å². The van der Waals surface area contributed by atoms with Crippen molar-refractivity contribution in [1.82, 2.24) is 9.88 Å². The molecule has 4 nitrogen and oxygen atoms in total. The van der Waals surface area contributed by atoms with E-state index in [9.17, 15) is 4.79 Å². The Kier molecular flexibility index (Phi) is 8.27. The second kappa shape index (κ2) is 12.4. The Balaban J connectivity index is 1.38. The van der Waals surface area contributed by atoms with Gasteiger partial charge in [-0.2, -0.15) is 0 Å². The second-order valence-corrected chi connectivity index (χ2v) is 9.99. The molecule has 1 aromatic heterocycles. The van der Waals surface area contributed by atoms with Crippen molar-refractivity contribution in [1.29, 1.82) is 0 Å². The summed E-state index contributed by atoms with van der Waals surface area (Å²) in [4.78, 5) is 23.0. The number of piperidine rings is 1. The lowest BCUT2D eigenvalue weighted by Gasteiger charge is -2.39. The summed E-state index contributed by atoms with van der Waals surface area (Å²) in [6.07, 6.45) is 7.50. The molecule has 0 bridgehead atoms. The molecule has 1 aliphatic heterocycles. The van der Waals surface area contributed by atoms with E-state index in [1.54, 1.807) is 6.20 Å². The van der Waals surface area contributed by atoms with E-state index < -0.39 is 0 Å². The van der Waals surface area contributed by atoms with Crippen molar-refractivity contribution in [3.05, 3.63) is 132 Å². The van der Waals surface area contributed by atoms with Crippen molar-refractivity contribution in [2.24, 2.45) is 5.92 Å². The van der Waals surface area contributed by atoms with Gasteiger partial charge in [-0.25, -0.2) is 0 Å². The van der Waals surface area contributed by atoms with E-state index in [0.717, 1.165) is 38.0 Å². The van der Waals surface area contributed by atoms with Gasteiger partial charge in [0, 0.05) is 32.3 Å². The molecule has 4 aromatic rings. The first-order chi connectivity index (χ1) is 18.3. The van der Waals surface area contributed by atoms with E-state index in [2.05, 4.69) is 99.7 Å². The Labute approximate surface area is 220 Å². The van der Waals surface area contributed by atoms with Gasteiger partial charge in [0.25, 0.3) is 0 Å². The van der Waals surface area contributed by atoms with E-state index in [0.29, 0.717) is 18.9 Å². The van der Waals surface area contributed by atoms with Crippen LogP contribution in [0.3, 0.4) is 0 Å². The largest absolute Gasteiger partial charge is 0.354 e. The van der Waals surface area contributed by atoms with Crippen LogP contribution in [0.15, 0.2) is 116 Å². The topological polar surface area (TPSA) is 36.4 Å². The Morgan fingerprint density at radius 1 is 0.784 bits per heavy atom. The van der Waals surface area contributed by atoms with Gasteiger partial charge < -0.3 is 9.80 Å². The number of pyridine rings is 1. The van der Waals surface area contributed by atoms with Gasteiger partial charge in [0.1, 0.15) is 6.04 Å². The zero-order chi connectivity index (χ0) is 25.3. The van der Waals surface area contributed by atoms with Crippen molar-refractivity contribution in [3.63, 3.8) is 0 Å². The summed E-state index contributed by atoms with van der Waals surface area (Å²) in [5.41, 5.74) is 4.71. The van der Waals surface area contributed by atoms with E-state index in [1.165, 1.54) is 16.7 Å². The Bertz CT molecular complexity index is 1220. The van der Waals surface area contributed by atoms with Crippen LogP contribution in [0.4, 0.5) is 5.69 Å². The van der Waals surface area contributed by atoms with Crippen LogP contribution in [0, 0.1) is 5.92 Å². The number of likely N-dealkylation sites (tertiary alicyclic amines) is 1. The van der Waals surface area contributed by atoms with Gasteiger partial charge in [-0.3, -0.25) is 9.78 Å². The number of rotatable bonds is 9. The normalized spacial score (nSPS) is 14.8. The highest BCUT2D eigenvalue weighted by atomic mass is 16.2. The maximum absolute atomic E-state index is 14.2. The zero-order valence-corrected chi connectivity index (χ0v) is 21.3. The van der Waals surface area contributed by atoms with Crippen LogP contribution in [0.1, 0.15) is 29.5 Å². The average Bonchev–Trinajstić information content (AvgIpc) is 2.97. The maximum Gasteiger partial charge on any atom is 0.245 e. The molecule has 1 saturated heterocycles. The molecular weight excluding hydrogens is 454 g/mol. The number of nitrogens with zero attached hydrogens (tertiary/aromatic N) is 3. The van der Waals surface area contributed by atoms with Gasteiger partial charge in [0.05, 0.1) is 11.9 Å². The van der Waals surface area contributed by atoms with Gasteiger partial charge in [0.15, 0.2) is 0 Å². The lowest BCUT2D eigenvalue weighted by molar-refractivity contribution is -0.134. The highest BCUT2D eigenvalue weighted by molar-refractivity contribution is 5.86. The molecule has 3 aromatic carbocycles. The minimum absolute atomic E-state index is 0.210. The van der Waals surface area contributed by atoms with E-state index in [-0.39, 0.29) is 11.9 Å². The lowest BCUT2D eigenvalue weighted by Crippen LogP contribution is -2.52. The lowest BCUT2D eigenvalue weighted by atomic mass is 9.89. The molecule has 0 aliphatic carbocycles. The molecule has 1 unspecified atom stereocenters. The van der Waals surface area contributed by atoms with Gasteiger partial charge in [-0.05, 0) is 54.0 Å². The molecule has 1 aliphatic rings. The first kappa shape index (κ1) is 24.8. The molecule has 1 amide bonds. The minimum atomic E-state index is -0.308. The van der Waals surface area contributed by atoms with Crippen LogP contribution in [0.2, 0.25) is 0 Å². The molecule has 37 heavy (non-hydrogen) atoms.